The van der Waals surface area contributed by atoms with Crippen LogP contribution in [0.1, 0.15) is 5.56 Å². The molecule has 186 valence electrons. The molecule has 0 amide bonds. The summed E-state index contributed by atoms with van der Waals surface area (Å²) in [6.45, 7) is 2.05. The fourth-order valence-electron chi connectivity index (χ4n) is 4.32. The van der Waals surface area contributed by atoms with Gasteiger partial charge in [0, 0.05) is 21.5 Å². The summed E-state index contributed by atoms with van der Waals surface area (Å²) in [5.41, 5.74) is 5.89. The van der Waals surface area contributed by atoms with Crippen molar-refractivity contribution >= 4 is 55.7 Å². The van der Waals surface area contributed by atoms with E-state index >= 15 is 0 Å². The Morgan fingerprint density at radius 2 is 0.641 bits per heavy atom. The van der Waals surface area contributed by atoms with Crippen LogP contribution < -0.4 is 0 Å². The van der Waals surface area contributed by atoms with E-state index in [2.05, 4.69) is 37.6 Å². The molecule has 0 heterocycles. The number of nitrogens with zero attached hydrogens (tertiary/aromatic N) is 6. The number of fused-ring (bicyclic) bond motifs is 2. The molecule has 0 spiro atoms. The van der Waals surface area contributed by atoms with E-state index in [1.54, 1.807) is 0 Å². The fourth-order valence-corrected chi connectivity index (χ4v) is 4.32. The molecule has 39 heavy (non-hydrogen) atoms. The number of aryl methyl sites for hydroxylation is 1. The van der Waals surface area contributed by atoms with Crippen molar-refractivity contribution in [3.8, 4) is 0 Å². The Labute approximate surface area is 226 Å². The van der Waals surface area contributed by atoms with Crippen LogP contribution in [0.15, 0.2) is 158 Å². The maximum Gasteiger partial charge on any atom is 0.0936 e. The van der Waals surface area contributed by atoms with Crippen LogP contribution in [0, 0.1) is 6.92 Å². The summed E-state index contributed by atoms with van der Waals surface area (Å²) in [5, 5.41) is 30.9. The van der Waals surface area contributed by atoms with Gasteiger partial charge in [0.15, 0.2) is 0 Å². The van der Waals surface area contributed by atoms with Crippen LogP contribution in [0.25, 0.3) is 21.5 Å². The predicted molar refractivity (Wildman–Crippen MR) is 158 cm³/mol. The van der Waals surface area contributed by atoms with Gasteiger partial charge in [-0.3, -0.25) is 0 Å². The van der Waals surface area contributed by atoms with Crippen LogP contribution in [0.3, 0.4) is 0 Å². The average molecular weight is 505 g/mol. The Hall–Kier alpha value is -5.36. The molecule has 0 aliphatic carbocycles. The Balaban J connectivity index is 1.33. The number of rotatable bonds is 6. The molecule has 0 aliphatic heterocycles. The zero-order valence-corrected chi connectivity index (χ0v) is 21.3. The predicted octanol–water partition coefficient (Wildman–Crippen LogP) is 11.5. The molecule has 6 aromatic rings. The monoisotopic (exact) mass is 504 g/mol. The molecular weight excluding hydrogens is 480 g/mol. The zero-order valence-electron chi connectivity index (χ0n) is 21.3. The van der Waals surface area contributed by atoms with E-state index < -0.39 is 0 Å². The Morgan fingerprint density at radius 1 is 0.308 bits per heavy atom. The van der Waals surface area contributed by atoms with Crippen LogP contribution in [0.5, 0.6) is 0 Å². The summed E-state index contributed by atoms with van der Waals surface area (Å²) < 4.78 is 0. The van der Waals surface area contributed by atoms with Crippen molar-refractivity contribution in [2.24, 2.45) is 30.7 Å². The number of hydrogen-bond acceptors (Lipinski definition) is 6. The first-order valence-corrected chi connectivity index (χ1v) is 12.6. The second kappa shape index (κ2) is 10.9. The van der Waals surface area contributed by atoms with Gasteiger partial charge in [-0.2, -0.15) is 10.2 Å². The largest absolute Gasteiger partial charge is 0.151 e. The summed E-state index contributed by atoms with van der Waals surface area (Å²) in [5.74, 6) is 0. The van der Waals surface area contributed by atoms with E-state index in [9.17, 15) is 0 Å². The maximum absolute atomic E-state index is 4.65. The van der Waals surface area contributed by atoms with E-state index in [4.69, 9.17) is 0 Å². The third kappa shape index (κ3) is 5.36. The smallest absolute Gasteiger partial charge is 0.0936 e. The molecule has 0 atom stereocenters. The second-order valence-electron chi connectivity index (χ2n) is 9.07. The SMILES string of the molecule is Cc1ccc(N=Nc2ccc(N=Nc3ccc(N=Nc4ccccc4)c4ccccc34)c3ccccc23)cc1. The molecule has 0 bridgehead atoms. The molecule has 0 saturated heterocycles. The molecule has 0 aliphatic rings. The number of hydrogen-bond donors (Lipinski definition) is 0. The molecule has 6 heteroatoms. The molecule has 6 aromatic carbocycles. The summed E-state index contributed by atoms with van der Waals surface area (Å²) in [6.07, 6.45) is 0. The molecule has 0 N–H and O–H groups in total. The van der Waals surface area contributed by atoms with Gasteiger partial charge in [-0.25, -0.2) is 0 Å². The van der Waals surface area contributed by atoms with Crippen LogP contribution in [0.2, 0.25) is 0 Å². The summed E-state index contributed by atoms with van der Waals surface area (Å²) in [4.78, 5) is 0. The van der Waals surface area contributed by atoms with Crippen molar-refractivity contribution in [3.05, 3.63) is 133 Å². The highest BCUT2D eigenvalue weighted by molar-refractivity contribution is 6.01. The first kappa shape index (κ1) is 24.0. The molecule has 0 saturated carbocycles. The van der Waals surface area contributed by atoms with Gasteiger partial charge < -0.3 is 0 Å². The van der Waals surface area contributed by atoms with E-state index in [1.165, 1.54) is 5.56 Å². The zero-order chi connectivity index (χ0) is 26.4. The van der Waals surface area contributed by atoms with Gasteiger partial charge in [0.25, 0.3) is 0 Å². The highest BCUT2D eigenvalue weighted by Crippen LogP contribution is 2.38. The second-order valence-corrected chi connectivity index (χ2v) is 9.07. The van der Waals surface area contributed by atoms with E-state index in [1.807, 2.05) is 127 Å². The van der Waals surface area contributed by atoms with Crippen molar-refractivity contribution in [1.29, 1.82) is 0 Å². The lowest BCUT2D eigenvalue weighted by molar-refractivity contribution is 1.22. The quantitative estimate of drug-likeness (QED) is 0.202. The Bertz CT molecular complexity index is 1860. The van der Waals surface area contributed by atoms with Gasteiger partial charge >= 0.3 is 0 Å². The highest BCUT2D eigenvalue weighted by atomic mass is 15.1. The molecule has 0 aromatic heterocycles. The standard InChI is InChI=1S/C33H24N6/c1-23-15-17-25(18-16-23)35-37-31-20-22-33(29-14-8-6-12-27(29)31)39-38-32-21-19-30(26-11-5-7-13-28(26)32)36-34-24-9-3-2-4-10-24/h2-22H,1H3. The number of azo groups is 3. The van der Waals surface area contributed by atoms with Crippen molar-refractivity contribution in [2.45, 2.75) is 6.92 Å². The minimum atomic E-state index is 0.761. The van der Waals surface area contributed by atoms with Gasteiger partial charge in [0.05, 0.1) is 34.1 Å². The van der Waals surface area contributed by atoms with Crippen molar-refractivity contribution in [1.82, 2.24) is 0 Å². The molecular formula is C33H24N6. The van der Waals surface area contributed by atoms with Crippen molar-refractivity contribution < 1.29 is 0 Å². The summed E-state index contributed by atoms with van der Waals surface area (Å²) in [7, 11) is 0. The third-order valence-electron chi connectivity index (χ3n) is 6.36. The van der Waals surface area contributed by atoms with Gasteiger partial charge in [-0.15, -0.1) is 20.5 Å². The fraction of sp³-hybridized carbons (Fsp3) is 0.0303. The van der Waals surface area contributed by atoms with E-state index in [0.29, 0.717) is 0 Å². The van der Waals surface area contributed by atoms with Crippen LogP contribution in [-0.2, 0) is 0 Å². The lowest BCUT2D eigenvalue weighted by Crippen LogP contribution is -1.77. The lowest BCUT2D eigenvalue weighted by Gasteiger charge is -2.06. The number of benzene rings is 6. The summed E-state index contributed by atoms with van der Waals surface area (Å²) in [6, 6.07) is 41.4. The average Bonchev–Trinajstić information content (AvgIpc) is 2.99. The van der Waals surface area contributed by atoms with Crippen LogP contribution >= 0.6 is 0 Å². The Kier molecular flexibility index (Phi) is 6.74. The van der Waals surface area contributed by atoms with Gasteiger partial charge in [0.1, 0.15) is 0 Å². The normalized spacial score (nSPS) is 11.9. The molecule has 0 fully saturated rings. The van der Waals surface area contributed by atoms with E-state index in [0.717, 1.165) is 55.7 Å². The molecule has 0 unspecified atom stereocenters. The minimum Gasteiger partial charge on any atom is -0.151 e. The van der Waals surface area contributed by atoms with Gasteiger partial charge in [-0.05, 0) is 55.5 Å². The van der Waals surface area contributed by atoms with E-state index in [-0.39, 0.29) is 0 Å². The topological polar surface area (TPSA) is 74.2 Å². The highest BCUT2D eigenvalue weighted by Gasteiger charge is 2.08. The molecule has 6 nitrogen and oxygen atoms in total. The van der Waals surface area contributed by atoms with Crippen LogP contribution in [0.4, 0.5) is 34.1 Å². The lowest BCUT2D eigenvalue weighted by atomic mass is 10.1. The molecule has 0 radical (unpaired) electrons. The van der Waals surface area contributed by atoms with Crippen LogP contribution in [-0.4, -0.2) is 0 Å². The minimum absolute atomic E-state index is 0.761. The molecule has 6 rings (SSSR count). The van der Waals surface area contributed by atoms with Crippen molar-refractivity contribution in [2.75, 3.05) is 0 Å². The Morgan fingerprint density at radius 3 is 1.05 bits per heavy atom. The third-order valence-corrected chi connectivity index (χ3v) is 6.36. The van der Waals surface area contributed by atoms with Gasteiger partial charge in [-0.1, -0.05) is 84.4 Å². The summed E-state index contributed by atoms with van der Waals surface area (Å²) >= 11 is 0. The van der Waals surface area contributed by atoms with Gasteiger partial charge in [0.2, 0.25) is 0 Å². The maximum atomic E-state index is 4.65. The first-order valence-electron chi connectivity index (χ1n) is 12.6. The van der Waals surface area contributed by atoms with Crippen molar-refractivity contribution in [3.63, 3.8) is 0 Å². The first-order chi connectivity index (χ1) is 19.2.